The van der Waals surface area contributed by atoms with Crippen molar-refractivity contribution in [3.8, 4) is 5.75 Å². The molecule has 2 aromatic rings. The number of ether oxygens (including phenoxy) is 2. The van der Waals surface area contributed by atoms with Crippen LogP contribution in [0.4, 0.5) is 5.82 Å². The second-order valence-electron chi connectivity index (χ2n) is 8.51. The van der Waals surface area contributed by atoms with E-state index < -0.39 is 16.1 Å². The lowest BCUT2D eigenvalue weighted by atomic mass is 9.87. The second-order valence-corrected chi connectivity index (χ2v) is 10.4. The Hall–Kier alpha value is -2.31. The highest BCUT2D eigenvalue weighted by Gasteiger charge is 2.42. The molecular weight excluding hydrogens is 446 g/mol. The van der Waals surface area contributed by atoms with Crippen LogP contribution >= 0.6 is 0 Å². The largest absolute Gasteiger partial charge is 0.491 e. The molecule has 0 aliphatic carbocycles. The van der Waals surface area contributed by atoms with Gasteiger partial charge in [-0.1, -0.05) is 6.07 Å². The van der Waals surface area contributed by atoms with Crippen molar-refractivity contribution in [2.75, 3.05) is 44.8 Å². The molecule has 1 spiro atoms. The number of aliphatic hydroxyl groups excluding tert-OH is 1. The van der Waals surface area contributed by atoms with Crippen LogP contribution in [0.15, 0.2) is 47.8 Å². The summed E-state index contributed by atoms with van der Waals surface area (Å²) in [6.45, 7) is 2.82. The summed E-state index contributed by atoms with van der Waals surface area (Å²) in [5.74, 6) is 1.34. The van der Waals surface area contributed by atoms with Gasteiger partial charge >= 0.3 is 0 Å². The van der Waals surface area contributed by atoms with Crippen molar-refractivity contribution in [1.82, 2.24) is 20.0 Å². The number of hydrogen-bond acceptors (Lipinski definition) is 9. The Morgan fingerprint density at radius 2 is 2.15 bits per heavy atom. The van der Waals surface area contributed by atoms with Gasteiger partial charge in [0, 0.05) is 37.9 Å². The zero-order valence-corrected chi connectivity index (χ0v) is 19.5. The predicted molar refractivity (Wildman–Crippen MR) is 123 cm³/mol. The monoisotopic (exact) mass is 477 g/mol. The molecule has 33 heavy (non-hydrogen) atoms. The maximum absolute atomic E-state index is 11.9. The number of piperidine rings is 1. The minimum atomic E-state index is -3.54. The average molecular weight is 478 g/mol. The van der Waals surface area contributed by atoms with Crippen LogP contribution in [-0.4, -0.2) is 81.1 Å². The summed E-state index contributed by atoms with van der Waals surface area (Å²) in [6, 6.07) is 8.30. The van der Waals surface area contributed by atoms with Crippen LogP contribution in [0.2, 0.25) is 0 Å². The first-order valence-electron chi connectivity index (χ1n) is 11.1. The summed E-state index contributed by atoms with van der Waals surface area (Å²) < 4.78 is 37.9. The zero-order chi connectivity index (χ0) is 23.3. The van der Waals surface area contributed by atoms with E-state index in [0.29, 0.717) is 18.9 Å². The third-order valence-corrected chi connectivity index (χ3v) is 7.66. The topological polar surface area (TPSA) is 126 Å². The average Bonchev–Trinajstić information content (AvgIpc) is 3.25. The minimum absolute atomic E-state index is 0.0582. The van der Waals surface area contributed by atoms with Crippen molar-refractivity contribution < 1.29 is 23.0 Å². The quantitative estimate of drug-likeness (QED) is 0.474. The van der Waals surface area contributed by atoms with Crippen molar-refractivity contribution in [3.05, 3.63) is 42.9 Å². The van der Waals surface area contributed by atoms with E-state index in [-0.39, 0.29) is 23.1 Å². The number of aliphatic hydroxyl groups is 1. The Morgan fingerprint density at radius 3 is 2.88 bits per heavy atom. The van der Waals surface area contributed by atoms with Crippen LogP contribution in [0.5, 0.6) is 5.75 Å². The fourth-order valence-corrected chi connectivity index (χ4v) is 5.11. The lowest BCUT2D eigenvalue weighted by Gasteiger charge is -2.39. The van der Waals surface area contributed by atoms with Crippen LogP contribution in [-0.2, 0) is 14.8 Å². The number of sulfonamides is 1. The zero-order valence-electron chi connectivity index (χ0n) is 18.7. The number of nitrogens with zero attached hydrogens (tertiary/aromatic N) is 3. The maximum atomic E-state index is 11.9. The molecule has 3 N–H and O–H groups in total. The second kappa shape index (κ2) is 10.3. The van der Waals surface area contributed by atoms with Gasteiger partial charge in [0.05, 0.1) is 17.1 Å². The molecule has 4 rings (SSSR count). The molecule has 2 fully saturated rings. The SMILES string of the molecule is CNS(=O)(=O)c1cccc(OC[C@@H](O)CN[C@H]2COC3(CCN(c4ccncn4)CC3)C2)c1. The summed E-state index contributed by atoms with van der Waals surface area (Å²) in [7, 11) is -2.18. The van der Waals surface area contributed by atoms with E-state index in [1.807, 2.05) is 6.07 Å². The molecule has 2 saturated heterocycles. The third kappa shape index (κ3) is 5.98. The van der Waals surface area contributed by atoms with Gasteiger partial charge in [-0.15, -0.1) is 0 Å². The molecule has 1 aromatic carbocycles. The van der Waals surface area contributed by atoms with E-state index in [2.05, 4.69) is 24.9 Å². The molecule has 2 atom stereocenters. The molecule has 2 aliphatic rings. The first-order chi connectivity index (χ1) is 15.9. The summed E-state index contributed by atoms with van der Waals surface area (Å²) in [5, 5.41) is 13.7. The Labute approximate surface area is 194 Å². The van der Waals surface area contributed by atoms with Crippen LogP contribution in [0.3, 0.4) is 0 Å². The molecule has 11 heteroatoms. The molecule has 180 valence electrons. The smallest absolute Gasteiger partial charge is 0.240 e. The lowest BCUT2D eigenvalue weighted by molar-refractivity contribution is -0.0151. The Balaban J connectivity index is 1.20. The standard InChI is InChI=1S/C22H31N5O5S/c1-23-33(29,30)20-4-2-3-19(11-20)31-15-18(28)13-25-17-12-22(32-14-17)6-9-27(10-7-22)21-5-8-24-16-26-21/h2-5,8,11,16-18,23,25,28H,6-7,9-10,12-15H2,1H3/t17-,18+/m1/s1. The van der Waals surface area contributed by atoms with Crippen LogP contribution in [0.25, 0.3) is 0 Å². The normalized spacial score (nSPS) is 21.3. The van der Waals surface area contributed by atoms with Crippen LogP contribution < -0.4 is 19.7 Å². The number of hydrogen-bond donors (Lipinski definition) is 3. The minimum Gasteiger partial charge on any atom is -0.491 e. The van der Waals surface area contributed by atoms with Crippen molar-refractivity contribution in [1.29, 1.82) is 0 Å². The summed E-state index contributed by atoms with van der Waals surface area (Å²) in [6.07, 6.45) is 5.38. The van der Waals surface area contributed by atoms with Gasteiger partial charge in [0.15, 0.2) is 0 Å². The van der Waals surface area contributed by atoms with Gasteiger partial charge < -0.3 is 24.8 Å². The van der Waals surface area contributed by atoms with Gasteiger partial charge in [-0.25, -0.2) is 23.1 Å². The van der Waals surface area contributed by atoms with Crippen molar-refractivity contribution in [2.24, 2.45) is 0 Å². The molecule has 0 bridgehead atoms. The maximum Gasteiger partial charge on any atom is 0.240 e. The predicted octanol–water partition coefficient (Wildman–Crippen LogP) is 0.542. The van der Waals surface area contributed by atoms with E-state index in [1.54, 1.807) is 24.7 Å². The van der Waals surface area contributed by atoms with Crippen molar-refractivity contribution in [2.45, 2.75) is 41.9 Å². The van der Waals surface area contributed by atoms with E-state index in [9.17, 15) is 13.5 Å². The van der Waals surface area contributed by atoms with Gasteiger partial charge in [-0.2, -0.15) is 0 Å². The van der Waals surface area contributed by atoms with Gasteiger partial charge in [-0.05, 0) is 44.5 Å². The Morgan fingerprint density at radius 1 is 1.33 bits per heavy atom. The number of nitrogens with one attached hydrogen (secondary N) is 2. The number of aromatic nitrogens is 2. The highest BCUT2D eigenvalue weighted by atomic mass is 32.2. The molecule has 3 heterocycles. The number of benzene rings is 1. The van der Waals surface area contributed by atoms with Crippen LogP contribution in [0, 0.1) is 0 Å². The van der Waals surface area contributed by atoms with Gasteiger partial charge in [0.2, 0.25) is 10.0 Å². The fourth-order valence-electron chi connectivity index (χ4n) is 4.34. The van der Waals surface area contributed by atoms with E-state index >= 15 is 0 Å². The molecule has 2 aliphatic heterocycles. The van der Waals surface area contributed by atoms with E-state index in [0.717, 1.165) is 38.2 Å². The van der Waals surface area contributed by atoms with Crippen molar-refractivity contribution in [3.63, 3.8) is 0 Å². The molecule has 10 nitrogen and oxygen atoms in total. The van der Waals surface area contributed by atoms with Gasteiger partial charge in [-0.3, -0.25) is 0 Å². The van der Waals surface area contributed by atoms with Gasteiger partial charge in [0.1, 0.15) is 30.6 Å². The fraction of sp³-hybridized carbons (Fsp3) is 0.545. The summed E-state index contributed by atoms with van der Waals surface area (Å²) in [4.78, 5) is 10.7. The third-order valence-electron chi connectivity index (χ3n) is 6.24. The van der Waals surface area contributed by atoms with Gasteiger partial charge in [0.25, 0.3) is 0 Å². The number of anilines is 1. The summed E-state index contributed by atoms with van der Waals surface area (Å²) in [5.41, 5.74) is -0.123. The first kappa shape index (κ1) is 23.8. The molecule has 1 aromatic heterocycles. The number of rotatable bonds is 9. The Bertz CT molecular complexity index is 1010. The first-order valence-corrected chi connectivity index (χ1v) is 12.6. The highest BCUT2D eigenvalue weighted by Crippen LogP contribution is 2.36. The highest BCUT2D eigenvalue weighted by molar-refractivity contribution is 7.89. The molecule has 0 saturated carbocycles. The molecule has 0 unspecified atom stereocenters. The van der Waals surface area contributed by atoms with E-state index in [1.165, 1.54) is 19.2 Å². The van der Waals surface area contributed by atoms with Crippen LogP contribution in [0.1, 0.15) is 19.3 Å². The molecular formula is C22H31N5O5S. The van der Waals surface area contributed by atoms with E-state index in [4.69, 9.17) is 9.47 Å². The molecule has 0 amide bonds. The molecule has 0 radical (unpaired) electrons. The lowest BCUT2D eigenvalue weighted by Crippen LogP contribution is -2.45. The Kier molecular flexibility index (Phi) is 7.45. The summed E-state index contributed by atoms with van der Waals surface area (Å²) >= 11 is 0. The van der Waals surface area contributed by atoms with Crippen molar-refractivity contribution >= 4 is 15.8 Å².